The number of carbonyl (C=O) groups excluding carboxylic acids is 1. The van der Waals surface area contributed by atoms with Crippen molar-refractivity contribution in [2.75, 3.05) is 0 Å². The van der Waals surface area contributed by atoms with Gasteiger partial charge in [0, 0.05) is 12.3 Å². The molecule has 0 spiro atoms. The average molecular weight is 222 g/mol. The lowest BCUT2D eigenvalue weighted by molar-refractivity contribution is -0.137. The summed E-state index contributed by atoms with van der Waals surface area (Å²) in [5, 5.41) is 9.80. The van der Waals surface area contributed by atoms with Gasteiger partial charge in [0.15, 0.2) is 0 Å². The number of ketones is 1. The third-order valence-corrected chi connectivity index (χ3v) is 4.56. The van der Waals surface area contributed by atoms with Gasteiger partial charge in [-0.25, -0.2) is 0 Å². The van der Waals surface area contributed by atoms with E-state index in [9.17, 15) is 9.90 Å². The van der Waals surface area contributed by atoms with Gasteiger partial charge >= 0.3 is 0 Å². The summed E-state index contributed by atoms with van der Waals surface area (Å²) in [7, 11) is 0. The Hall–Kier alpha value is -0.630. The largest absolute Gasteiger partial charge is 0.389 e. The molecule has 0 aromatic carbocycles. The van der Waals surface area contributed by atoms with Crippen LogP contribution in [0.5, 0.6) is 0 Å². The lowest BCUT2D eigenvalue weighted by Gasteiger charge is -2.51. The number of hydrogen-bond acceptors (Lipinski definition) is 2. The lowest BCUT2D eigenvalue weighted by Crippen LogP contribution is -2.47. The highest BCUT2D eigenvalue weighted by Crippen LogP contribution is 2.54. The van der Waals surface area contributed by atoms with Crippen LogP contribution in [0.2, 0.25) is 0 Å². The molecule has 16 heavy (non-hydrogen) atoms. The molecular weight excluding hydrogens is 200 g/mol. The Balaban J connectivity index is 2.12. The van der Waals surface area contributed by atoms with Crippen molar-refractivity contribution in [3.05, 3.63) is 12.2 Å². The maximum atomic E-state index is 12.0. The molecule has 0 amide bonds. The summed E-state index contributed by atoms with van der Waals surface area (Å²) >= 11 is 0. The molecule has 0 aromatic heterocycles. The standard InChI is InChI=1S/C14H22O2/c1-9-4-5-11-10(8-14(11,2)3)13(16)7-6-12(9)15/h10-12,15H,1,4-8H2,2-3H3/t10-,11+,12-/m1/s1. The van der Waals surface area contributed by atoms with E-state index >= 15 is 0 Å². The Morgan fingerprint density at radius 3 is 2.62 bits per heavy atom. The highest BCUT2D eigenvalue weighted by Gasteiger charge is 2.49. The molecule has 2 aliphatic carbocycles. The van der Waals surface area contributed by atoms with E-state index in [4.69, 9.17) is 0 Å². The zero-order valence-electron chi connectivity index (χ0n) is 10.3. The Bertz CT molecular complexity index is 317. The van der Waals surface area contributed by atoms with Crippen molar-refractivity contribution < 1.29 is 9.90 Å². The van der Waals surface area contributed by atoms with Gasteiger partial charge in [-0.1, -0.05) is 20.4 Å². The molecule has 0 bridgehead atoms. The molecule has 0 radical (unpaired) electrons. The van der Waals surface area contributed by atoms with Crippen molar-refractivity contribution in [3.63, 3.8) is 0 Å². The van der Waals surface area contributed by atoms with Crippen LogP contribution in [0.4, 0.5) is 0 Å². The van der Waals surface area contributed by atoms with E-state index in [0.717, 1.165) is 24.8 Å². The molecule has 2 fully saturated rings. The Morgan fingerprint density at radius 1 is 1.31 bits per heavy atom. The van der Waals surface area contributed by atoms with Gasteiger partial charge in [0.1, 0.15) is 5.78 Å². The van der Waals surface area contributed by atoms with Gasteiger partial charge in [0.2, 0.25) is 0 Å². The predicted octanol–water partition coefficient (Wildman–Crippen LogP) is 2.71. The monoisotopic (exact) mass is 222 g/mol. The quantitative estimate of drug-likeness (QED) is 0.640. The van der Waals surface area contributed by atoms with Gasteiger partial charge in [-0.2, -0.15) is 0 Å². The fourth-order valence-corrected chi connectivity index (χ4v) is 3.35. The molecule has 3 atom stereocenters. The van der Waals surface area contributed by atoms with Gasteiger partial charge in [0.05, 0.1) is 6.10 Å². The molecule has 2 heteroatoms. The third-order valence-electron chi connectivity index (χ3n) is 4.56. The van der Waals surface area contributed by atoms with E-state index in [1.165, 1.54) is 0 Å². The van der Waals surface area contributed by atoms with Crippen LogP contribution in [0.1, 0.15) is 46.0 Å². The Labute approximate surface area is 97.7 Å². The van der Waals surface area contributed by atoms with Crippen LogP contribution < -0.4 is 0 Å². The fraction of sp³-hybridized carbons (Fsp3) is 0.786. The minimum absolute atomic E-state index is 0.257. The van der Waals surface area contributed by atoms with Gasteiger partial charge in [0.25, 0.3) is 0 Å². The van der Waals surface area contributed by atoms with E-state index < -0.39 is 6.10 Å². The minimum atomic E-state index is -0.468. The average Bonchev–Trinajstić information content (AvgIpc) is 2.24. The molecule has 0 aromatic rings. The molecule has 1 N–H and O–H groups in total. The van der Waals surface area contributed by atoms with Crippen LogP contribution in [0.25, 0.3) is 0 Å². The smallest absolute Gasteiger partial charge is 0.136 e. The first-order valence-electron chi connectivity index (χ1n) is 6.30. The number of rotatable bonds is 0. The molecular formula is C14H22O2. The first-order valence-corrected chi connectivity index (χ1v) is 6.30. The zero-order chi connectivity index (χ0) is 11.9. The van der Waals surface area contributed by atoms with Crippen LogP contribution in [-0.2, 0) is 4.79 Å². The number of aliphatic hydroxyl groups is 1. The normalized spacial score (nSPS) is 39.1. The van der Waals surface area contributed by atoms with Gasteiger partial charge in [-0.05, 0) is 42.6 Å². The van der Waals surface area contributed by atoms with Crippen LogP contribution in [-0.4, -0.2) is 17.0 Å². The molecule has 2 rings (SSSR count). The van der Waals surface area contributed by atoms with E-state index in [0.29, 0.717) is 30.0 Å². The van der Waals surface area contributed by atoms with Crippen molar-refractivity contribution in [2.24, 2.45) is 17.3 Å². The molecule has 2 saturated carbocycles. The summed E-state index contributed by atoms with van der Waals surface area (Å²) in [6, 6.07) is 0. The third kappa shape index (κ3) is 1.95. The second kappa shape index (κ2) is 3.99. The molecule has 90 valence electrons. The number of hydrogen-bond donors (Lipinski definition) is 1. The molecule has 2 aliphatic rings. The van der Waals surface area contributed by atoms with Gasteiger partial charge < -0.3 is 5.11 Å². The predicted molar refractivity (Wildman–Crippen MR) is 64.0 cm³/mol. The second-order valence-corrected chi connectivity index (χ2v) is 6.12. The van der Waals surface area contributed by atoms with Crippen molar-refractivity contribution >= 4 is 5.78 Å². The summed E-state index contributed by atoms with van der Waals surface area (Å²) in [6.45, 7) is 8.43. The number of aliphatic hydroxyl groups excluding tert-OH is 1. The molecule has 0 unspecified atom stereocenters. The number of carbonyl (C=O) groups is 1. The summed E-state index contributed by atoms with van der Waals surface area (Å²) in [6.07, 6.45) is 3.54. The first kappa shape index (κ1) is 11.8. The molecule has 0 aliphatic heterocycles. The fourth-order valence-electron chi connectivity index (χ4n) is 3.35. The highest BCUT2D eigenvalue weighted by atomic mass is 16.3. The van der Waals surface area contributed by atoms with E-state index in [2.05, 4.69) is 20.4 Å². The zero-order valence-corrected chi connectivity index (χ0v) is 10.3. The summed E-state index contributed by atoms with van der Waals surface area (Å²) in [4.78, 5) is 12.0. The Kier molecular flexibility index (Phi) is 2.95. The summed E-state index contributed by atoms with van der Waals surface area (Å²) < 4.78 is 0. The number of Topliss-reactive ketones (excluding diaryl/α,β-unsaturated/α-hetero) is 1. The topological polar surface area (TPSA) is 37.3 Å². The van der Waals surface area contributed by atoms with E-state index in [-0.39, 0.29) is 5.92 Å². The summed E-state index contributed by atoms with van der Waals surface area (Å²) in [5.74, 6) is 1.12. The maximum absolute atomic E-state index is 12.0. The second-order valence-electron chi connectivity index (χ2n) is 6.12. The minimum Gasteiger partial charge on any atom is -0.389 e. The van der Waals surface area contributed by atoms with Crippen LogP contribution in [0, 0.1) is 17.3 Å². The van der Waals surface area contributed by atoms with Crippen molar-refractivity contribution in [2.45, 2.75) is 52.1 Å². The summed E-state index contributed by atoms with van der Waals surface area (Å²) in [5.41, 5.74) is 1.21. The van der Waals surface area contributed by atoms with Crippen molar-refractivity contribution in [3.8, 4) is 0 Å². The SMILES string of the molecule is C=C1CC[C@H]2[C@@H](CC2(C)C)C(=O)CC[C@H]1O. The van der Waals surface area contributed by atoms with Gasteiger partial charge in [-0.15, -0.1) is 0 Å². The van der Waals surface area contributed by atoms with Crippen LogP contribution in [0.3, 0.4) is 0 Å². The van der Waals surface area contributed by atoms with Crippen LogP contribution in [0.15, 0.2) is 12.2 Å². The van der Waals surface area contributed by atoms with E-state index in [1.807, 2.05) is 0 Å². The van der Waals surface area contributed by atoms with Gasteiger partial charge in [-0.3, -0.25) is 4.79 Å². The first-order chi connectivity index (χ1) is 7.42. The van der Waals surface area contributed by atoms with Crippen molar-refractivity contribution in [1.82, 2.24) is 0 Å². The molecule has 2 nitrogen and oxygen atoms in total. The van der Waals surface area contributed by atoms with E-state index in [1.54, 1.807) is 0 Å². The lowest BCUT2D eigenvalue weighted by atomic mass is 9.53. The molecule has 0 saturated heterocycles. The Morgan fingerprint density at radius 2 is 2.00 bits per heavy atom. The maximum Gasteiger partial charge on any atom is 0.136 e. The van der Waals surface area contributed by atoms with Crippen molar-refractivity contribution in [1.29, 1.82) is 0 Å². The number of fused-ring (bicyclic) bond motifs is 1. The van der Waals surface area contributed by atoms with Crippen LogP contribution >= 0.6 is 0 Å². The molecule has 0 heterocycles. The highest BCUT2D eigenvalue weighted by molar-refractivity contribution is 5.82.